The van der Waals surface area contributed by atoms with E-state index in [2.05, 4.69) is 10.5 Å². The zero-order valence-corrected chi connectivity index (χ0v) is 10.4. The Morgan fingerprint density at radius 3 is 2.55 bits per heavy atom. The highest BCUT2D eigenvalue weighted by Crippen LogP contribution is 2.18. The van der Waals surface area contributed by atoms with Crippen molar-refractivity contribution in [1.29, 1.82) is 0 Å². The average molecular weight is 273 g/mol. The van der Waals surface area contributed by atoms with Gasteiger partial charge in [-0.3, -0.25) is 4.79 Å². The number of nitrogens with one attached hydrogen (secondary N) is 1. The van der Waals surface area contributed by atoms with Crippen molar-refractivity contribution in [2.24, 2.45) is 10.9 Å². The molecule has 4 N–H and O–H groups in total. The molecule has 0 aliphatic rings. The summed E-state index contributed by atoms with van der Waals surface area (Å²) >= 11 is 0. The number of nitrogens with zero attached hydrogens (tertiary/aromatic N) is 1. The zero-order chi connectivity index (χ0) is 14.5. The molecule has 0 saturated heterocycles. The summed E-state index contributed by atoms with van der Waals surface area (Å²) in [5, 5.41) is 14.1. The summed E-state index contributed by atoms with van der Waals surface area (Å²) in [7, 11) is 0. The number of nitrogens with two attached hydrogens (primary N) is 1. The summed E-state index contributed by atoms with van der Waals surface area (Å²) in [4.78, 5) is 12.0. The molecule has 0 spiro atoms. The maximum Gasteiger partial charge on any atom is 0.255 e. The quantitative estimate of drug-likeness (QED) is 0.346. The Labute approximate surface area is 114 Å². The molecule has 0 unspecified atom stereocenters. The number of amides is 1. The second-order valence-corrected chi connectivity index (χ2v) is 4.00. The Morgan fingerprint density at radius 2 is 1.90 bits per heavy atom. The van der Waals surface area contributed by atoms with Crippen molar-refractivity contribution in [3.05, 3.63) is 65.5 Å². The Balaban J connectivity index is 2.32. The molecule has 2 aromatic carbocycles. The number of halogens is 1. The van der Waals surface area contributed by atoms with Gasteiger partial charge < -0.3 is 16.3 Å². The fourth-order valence-electron chi connectivity index (χ4n) is 1.68. The zero-order valence-electron chi connectivity index (χ0n) is 10.4. The normalized spacial score (nSPS) is 11.2. The third kappa shape index (κ3) is 2.92. The number of anilines is 1. The Morgan fingerprint density at radius 1 is 1.20 bits per heavy atom. The van der Waals surface area contributed by atoms with Gasteiger partial charge in [0.05, 0.1) is 5.69 Å². The molecule has 2 rings (SSSR count). The number of rotatable bonds is 3. The highest BCUT2D eigenvalue weighted by molar-refractivity contribution is 6.09. The van der Waals surface area contributed by atoms with Crippen molar-refractivity contribution in [3.8, 4) is 0 Å². The van der Waals surface area contributed by atoms with Gasteiger partial charge in [0.25, 0.3) is 5.91 Å². The van der Waals surface area contributed by atoms with E-state index < -0.39 is 5.82 Å². The molecular formula is C14H12FN3O2. The fraction of sp³-hybridized carbons (Fsp3) is 0. The molecule has 0 bridgehead atoms. The van der Waals surface area contributed by atoms with Crippen LogP contribution in [0.5, 0.6) is 0 Å². The van der Waals surface area contributed by atoms with E-state index in [1.54, 1.807) is 30.3 Å². The van der Waals surface area contributed by atoms with Crippen LogP contribution in [0.15, 0.2) is 53.7 Å². The van der Waals surface area contributed by atoms with Gasteiger partial charge in [-0.15, -0.1) is 0 Å². The maximum atomic E-state index is 13.2. The fourth-order valence-corrected chi connectivity index (χ4v) is 1.68. The summed E-state index contributed by atoms with van der Waals surface area (Å²) < 4.78 is 13.2. The van der Waals surface area contributed by atoms with Crippen LogP contribution in [0, 0.1) is 5.82 Å². The number of carbonyl (C=O) groups is 1. The van der Waals surface area contributed by atoms with Crippen molar-refractivity contribution < 1.29 is 14.4 Å². The van der Waals surface area contributed by atoms with Gasteiger partial charge >= 0.3 is 0 Å². The Bertz CT molecular complexity index is 657. The van der Waals surface area contributed by atoms with E-state index in [0.29, 0.717) is 5.56 Å². The van der Waals surface area contributed by atoms with Gasteiger partial charge in [0.2, 0.25) is 0 Å². The first-order chi connectivity index (χ1) is 9.61. The molecule has 20 heavy (non-hydrogen) atoms. The van der Waals surface area contributed by atoms with Crippen LogP contribution < -0.4 is 11.1 Å². The second kappa shape index (κ2) is 5.83. The molecule has 0 heterocycles. The molecule has 2 aromatic rings. The minimum atomic E-state index is -0.552. The first kappa shape index (κ1) is 13.5. The topological polar surface area (TPSA) is 87.7 Å². The molecule has 0 radical (unpaired) electrons. The van der Waals surface area contributed by atoms with Gasteiger partial charge in [-0.1, -0.05) is 23.4 Å². The van der Waals surface area contributed by atoms with Crippen LogP contribution in [0.2, 0.25) is 0 Å². The Kier molecular flexibility index (Phi) is 3.95. The molecule has 0 fully saturated rings. The van der Waals surface area contributed by atoms with E-state index in [1.165, 1.54) is 12.1 Å². The molecule has 0 aliphatic heterocycles. The average Bonchev–Trinajstić information content (AvgIpc) is 2.49. The summed E-state index contributed by atoms with van der Waals surface area (Å²) in [6, 6.07) is 12.1. The molecule has 0 atom stereocenters. The lowest BCUT2D eigenvalue weighted by atomic mass is 10.1. The second-order valence-electron chi connectivity index (χ2n) is 4.00. The third-order valence-electron chi connectivity index (χ3n) is 2.65. The summed E-state index contributed by atoms with van der Waals surface area (Å²) in [5.41, 5.74) is 6.27. The monoisotopic (exact) mass is 273 g/mol. The minimum absolute atomic E-state index is 0.108. The molecule has 6 heteroatoms. The summed E-state index contributed by atoms with van der Waals surface area (Å²) in [6.45, 7) is 0. The smallest absolute Gasteiger partial charge is 0.255 e. The van der Waals surface area contributed by atoms with E-state index >= 15 is 0 Å². The van der Waals surface area contributed by atoms with Gasteiger partial charge in [-0.05, 0) is 30.3 Å². The maximum absolute atomic E-state index is 13.2. The van der Waals surface area contributed by atoms with E-state index in [9.17, 15) is 9.18 Å². The number of hydrogen-bond acceptors (Lipinski definition) is 3. The molecule has 0 aromatic heterocycles. The minimum Gasteiger partial charge on any atom is -0.409 e. The first-order valence-corrected chi connectivity index (χ1v) is 5.75. The molecule has 1 amide bonds. The lowest BCUT2D eigenvalue weighted by molar-refractivity contribution is 0.102. The highest BCUT2D eigenvalue weighted by Gasteiger charge is 2.12. The van der Waals surface area contributed by atoms with Gasteiger partial charge in [0.15, 0.2) is 5.84 Å². The van der Waals surface area contributed by atoms with Gasteiger partial charge in [0, 0.05) is 11.1 Å². The van der Waals surface area contributed by atoms with Crippen molar-refractivity contribution >= 4 is 17.4 Å². The van der Waals surface area contributed by atoms with Gasteiger partial charge in [-0.2, -0.15) is 0 Å². The van der Waals surface area contributed by atoms with Gasteiger partial charge in [-0.25, -0.2) is 4.39 Å². The molecule has 102 valence electrons. The number of carbonyl (C=O) groups excluding carboxylic acids is 1. The van der Waals surface area contributed by atoms with Crippen LogP contribution in [-0.4, -0.2) is 17.0 Å². The highest BCUT2D eigenvalue weighted by atomic mass is 19.1. The van der Waals surface area contributed by atoms with Crippen molar-refractivity contribution in [2.45, 2.75) is 0 Å². The van der Waals surface area contributed by atoms with E-state index in [1.807, 2.05) is 0 Å². The van der Waals surface area contributed by atoms with Crippen LogP contribution in [0.4, 0.5) is 10.1 Å². The van der Waals surface area contributed by atoms with Crippen LogP contribution in [-0.2, 0) is 0 Å². The van der Waals surface area contributed by atoms with Crippen molar-refractivity contribution in [1.82, 2.24) is 0 Å². The lowest BCUT2D eigenvalue weighted by Crippen LogP contribution is -2.19. The Hall–Kier alpha value is -2.89. The third-order valence-corrected chi connectivity index (χ3v) is 2.65. The molecule has 0 saturated carbocycles. The van der Waals surface area contributed by atoms with Crippen LogP contribution in [0.3, 0.4) is 0 Å². The number of amidine groups is 1. The summed E-state index contributed by atoms with van der Waals surface area (Å²) in [5.74, 6) is -1.21. The summed E-state index contributed by atoms with van der Waals surface area (Å²) in [6.07, 6.45) is 0. The van der Waals surface area contributed by atoms with Crippen molar-refractivity contribution in [2.75, 3.05) is 5.32 Å². The molecule has 0 aliphatic carbocycles. The van der Waals surface area contributed by atoms with E-state index in [0.717, 1.165) is 6.07 Å². The SMILES string of the molecule is N/C(=N/O)c1cc(F)ccc1NC(=O)c1ccccc1. The van der Waals surface area contributed by atoms with Gasteiger partial charge in [0.1, 0.15) is 5.82 Å². The standard InChI is InChI=1S/C14H12FN3O2/c15-10-6-7-12(11(8-10)13(16)18-20)17-14(19)9-4-2-1-3-5-9/h1-8,20H,(H2,16,18)(H,17,19). The predicted octanol–water partition coefficient (Wildman–Crippen LogP) is 2.17. The number of benzene rings is 2. The molecular weight excluding hydrogens is 261 g/mol. The first-order valence-electron chi connectivity index (χ1n) is 5.75. The molecule has 5 nitrogen and oxygen atoms in total. The van der Waals surface area contributed by atoms with Crippen molar-refractivity contribution in [3.63, 3.8) is 0 Å². The van der Waals surface area contributed by atoms with E-state index in [-0.39, 0.29) is 23.0 Å². The largest absolute Gasteiger partial charge is 0.409 e. The number of oxime groups is 1. The van der Waals surface area contributed by atoms with Crippen LogP contribution in [0.25, 0.3) is 0 Å². The van der Waals surface area contributed by atoms with Crippen LogP contribution >= 0.6 is 0 Å². The van der Waals surface area contributed by atoms with Crippen LogP contribution in [0.1, 0.15) is 15.9 Å². The predicted molar refractivity (Wildman–Crippen MR) is 73.3 cm³/mol. The van der Waals surface area contributed by atoms with E-state index in [4.69, 9.17) is 10.9 Å². The lowest BCUT2D eigenvalue weighted by Gasteiger charge is -2.10. The number of hydrogen-bond donors (Lipinski definition) is 3.